The molecule has 16 heavy (non-hydrogen) atoms. The molecule has 0 amide bonds. The van der Waals surface area contributed by atoms with Gasteiger partial charge in [-0.05, 0) is 13.0 Å². The number of alkyl halides is 3. The number of nitrogens with one attached hydrogen (secondary N) is 1. The molecule has 1 rings (SSSR count). The molecule has 1 heterocycles. The fraction of sp³-hybridized carbons (Fsp3) is 0.500. The molecule has 0 aromatic carbocycles. The Morgan fingerprint density at radius 1 is 1.50 bits per heavy atom. The summed E-state index contributed by atoms with van der Waals surface area (Å²) in [7, 11) is 0. The molecule has 0 aliphatic heterocycles. The summed E-state index contributed by atoms with van der Waals surface area (Å²) in [4.78, 5) is 0. The maximum atomic E-state index is 11.8. The van der Waals surface area contributed by atoms with Gasteiger partial charge in [-0.15, -0.1) is 0 Å². The van der Waals surface area contributed by atoms with E-state index in [1.54, 1.807) is 23.3 Å². The van der Waals surface area contributed by atoms with Crippen LogP contribution in [0.25, 0.3) is 6.20 Å². The third kappa shape index (κ3) is 4.97. The first-order valence-electron chi connectivity index (χ1n) is 4.94. The second-order valence-corrected chi connectivity index (χ2v) is 3.41. The summed E-state index contributed by atoms with van der Waals surface area (Å²) in [5.74, 6) is 0. The summed E-state index contributed by atoms with van der Waals surface area (Å²) >= 11 is 0. The summed E-state index contributed by atoms with van der Waals surface area (Å²) < 4.78 is 37.0. The first-order valence-corrected chi connectivity index (χ1v) is 4.94. The Morgan fingerprint density at radius 3 is 2.81 bits per heavy atom. The highest BCUT2D eigenvalue weighted by atomic mass is 19.4. The van der Waals surface area contributed by atoms with Gasteiger partial charge in [0.25, 0.3) is 0 Å². The molecule has 0 aliphatic carbocycles. The average molecular weight is 233 g/mol. The zero-order valence-corrected chi connectivity index (χ0v) is 8.80. The fourth-order valence-corrected chi connectivity index (χ4v) is 1.22. The number of hydrogen-bond donors (Lipinski definition) is 1. The minimum atomic E-state index is -4.06. The van der Waals surface area contributed by atoms with Crippen LogP contribution in [0.15, 0.2) is 19.0 Å². The van der Waals surface area contributed by atoms with Gasteiger partial charge >= 0.3 is 6.18 Å². The number of rotatable bonds is 6. The molecule has 0 unspecified atom stereocenters. The summed E-state index contributed by atoms with van der Waals surface area (Å²) in [6, 6.07) is 0. The number of halogens is 3. The van der Waals surface area contributed by atoms with E-state index < -0.39 is 12.6 Å². The van der Waals surface area contributed by atoms with E-state index >= 15 is 0 Å². The van der Waals surface area contributed by atoms with E-state index in [4.69, 9.17) is 0 Å². The van der Waals surface area contributed by atoms with Gasteiger partial charge in [-0.1, -0.05) is 6.58 Å². The Hall–Kier alpha value is -1.30. The molecule has 0 spiro atoms. The van der Waals surface area contributed by atoms with Crippen molar-refractivity contribution >= 4 is 6.20 Å². The first-order chi connectivity index (χ1) is 7.51. The number of aromatic nitrogens is 2. The monoisotopic (exact) mass is 233 g/mol. The van der Waals surface area contributed by atoms with Crippen LogP contribution in [0, 0.1) is 0 Å². The van der Waals surface area contributed by atoms with E-state index in [1.165, 1.54) is 0 Å². The Kier molecular flexibility index (Phi) is 4.54. The Bertz CT molecular complexity index is 330. The molecule has 0 bridgehead atoms. The molecule has 0 atom stereocenters. The van der Waals surface area contributed by atoms with Gasteiger partial charge in [0, 0.05) is 30.9 Å². The van der Waals surface area contributed by atoms with Gasteiger partial charge in [0.2, 0.25) is 0 Å². The van der Waals surface area contributed by atoms with Crippen LogP contribution in [0.3, 0.4) is 0 Å². The predicted molar refractivity (Wildman–Crippen MR) is 55.6 cm³/mol. The van der Waals surface area contributed by atoms with Crippen molar-refractivity contribution in [3.8, 4) is 0 Å². The first kappa shape index (κ1) is 12.8. The summed E-state index contributed by atoms with van der Waals surface area (Å²) in [5, 5.41) is 6.88. The Morgan fingerprint density at radius 2 is 2.25 bits per heavy atom. The zero-order chi connectivity index (χ0) is 12.0. The molecule has 1 N–H and O–H groups in total. The van der Waals surface area contributed by atoms with Gasteiger partial charge in [0.15, 0.2) is 0 Å². The smallest absolute Gasteiger partial charge is 0.313 e. The molecule has 0 saturated carbocycles. The zero-order valence-electron chi connectivity index (χ0n) is 8.80. The quantitative estimate of drug-likeness (QED) is 0.765. The van der Waals surface area contributed by atoms with Crippen LogP contribution in [0.2, 0.25) is 0 Å². The number of hydrogen-bond acceptors (Lipinski definition) is 2. The average Bonchev–Trinajstić information content (AvgIpc) is 2.63. The Labute approximate surface area is 92.0 Å². The van der Waals surface area contributed by atoms with Gasteiger partial charge in [-0.3, -0.25) is 0 Å². The fourth-order valence-electron chi connectivity index (χ4n) is 1.22. The lowest BCUT2D eigenvalue weighted by Crippen LogP contribution is -2.17. The molecule has 0 fully saturated rings. The van der Waals surface area contributed by atoms with Crippen molar-refractivity contribution in [3.05, 3.63) is 24.5 Å². The normalized spacial score (nSPS) is 11.7. The second-order valence-electron chi connectivity index (χ2n) is 3.41. The molecular formula is C10H14F3N3. The van der Waals surface area contributed by atoms with Crippen LogP contribution in [-0.2, 0) is 6.54 Å². The highest BCUT2D eigenvalue weighted by Gasteiger charge is 2.25. The Balaban J connectivity index is 2.14. The second kappa shape index (κ2) is 5.69. The molecule has 0 saturated heterocycles. The summed E-state index contributed by atoms with van der Waals surface area (Å²) in [6.07, 6.45) is 0.260. The molecule has 6 heteroatoms. The van der Waals surface area contributed by atoms with Crippen LogP contribution in [0.4, 0.5) is 13.2 Å². The SMILES string of the molecule is C=Cn1cc(CNCCCC(F)(F)F)cn1. The van der Waals surface area contributed by atoms with Crippen molar-refractivity contribution in [2.24, 2.45) is 0 Å². The minimum Gasteiger partial charge on any atom is -0.313 e. The number of nitrogens with zero attached hydrogens (tertiary/aromatic N) is 2. The van der Waals surface area contributed by atoms with Crippen molar-refractivity contribution in [1.82, 2.24) is 15.1 Å². The van der Waals surface area contributed by atoms with Crippen molar-refractivity contribution in [2.45, 2.75) is 25.6 Å². The maximum absolute atomic E-state index is 11.8. The van der Waals surface area contributed by atoms with Crippen LogP contribution < -0.4 is 5.32 Å². The van der Waals surface area contributed by atoms with Crippen LogP contribution in [0.1, 0.15) is 18.4 Å². The van der Waals surface area contributed by atoms with E-state index in [2.05, 4.69) is 17.0 Å². The highest BCUT2D eigenvalue weighted by molar-refractivity contribution is 5.17. The van der Waals surface area contributed by atoms with Crippen molar-refractivity contribution in [3.63, 3.8) is 0 Å². The highest BCUT2D eigenvalue weighted by Crippen LogP contribution is 2.20. The van der Waals surface area contributed by atoms with Crippen molar-refractivity contribution in [2.75, 3.05) is 6.54 Å². The minimum absolute atomic E-state index is 0.0963. The van der Waals surface area contributed by atoms with E-state index in [1.807, 2.05) is 0 Å². The van der Waals surface area contributed by atoms with Gasteiger partial charge in [-0.25, -0.2) is 4.68 Å². The molecule has 1 aromatic heterocycles. The molecule has 0 aliphatic rings. The lowest BCUT2D eigenvalue weighted by atomic mass is 10.3. The topological polar surface area (TPSA) is 29.9 Å². The maximum Gasteiger partial charge on any atom is 0.389 e. The van der Waals surface area contributed by atoms with Crippen LogP contribution >= 0.6 is 0 Å². The third-order valence-electron chi connectivity index (χ3n) is 1.98. The standard InChI is InChI=1S/C10H14F3N3/c1-2-16-8-9(7-15-16)6-14-5-3-4-10(11,12)13/h2,7-8,14H,1,3-6H2. The largest absolute Gasteiger partial charge is 0.389 e. The van der Waals surface area contributed by atoms with E-state index in [0.717, 1.165) is 5.56 Å². The lowest BCUT2D eigenvalue weighted by Gasteiger charge is -2.06. The van der Waals surface area contributed by atoms with Gasteiger partial charge in [0.05, 0.1) is 6.20 Å². The molecule has 90 valence electrons. The molecule has 0 radical (unpaired) electrons. The molecule has 1 aromatic rings. The van der Waals surface area contributed by atoms with Crippen LogP contribution in [-0.4, -0.2) is 22.5 Å². The summed E-state index contributed by atoms with van der Waals surface area (Å²) in [5.41, 5.74) is 0.923. The van der Waals surface area contributed by atoms with Gasteiger partial charge < -0.3 is 5.32 Å². The summed E-state index contributed by atoms with van der Waals surface area (Å²) in [6.45, 7) is 4.40. The molecule has 3 nitrogen and oxygen atoms in total. The van der Waals surface area contributed by atoms with E-state index in [0.29, 0.717) is 13.1 Å². The van der Waals surface area contributed by atoms with E-state index in [-0.39, 0.29) is 6.42 Å². The molecular weight excluding hydrogens is 219 g/mol. The van der Waals surface area contributed by atoms with Gasteiger partial charge in [0.1, 0.15) is 0 Å². The predicted octanol–water partition coefficient (Wildman–Crippen LogP) is 2.42. The van der Waals surface area contributed by atoms with Crippen molar-refractivity contribution < 1.29 is 13.2 Å². The van der Waals surface area contributed by atoms with E-state index in [9.17, 15) is 13.2 Å². The lowest BCUT2D eigenvalue weighted by molar-refractivity contribution is -0.135. The van der Waals surface area contributed by atoms with Gasteiger partial charge in [-0.2, -0.15) is 18.3 Å². The van der Waals surface area contributed by atoms with Crippen LogP contribution in [0.5, 0.6) is 0 Å². The van der Waals surface area contributed by atoms with Crippen molar-refractivity contribution in [1.29, 1.82) is 0 Å². The third-order valence-corrected chi connectivity index (χ3v) is 1.98.